The molecule has 2 amide bonds. The predicted molar refractivity (Wildman–Crippen MR) is 81.3 cm³/mol. The van der Waals surface area contributed by atoms with Gasteiger partial charge in [0.25, 0.3) is 5.91 Å². The molecule has 0 unspecified atom stereocenters. The van der Waals surface area contributed by atoms with E-state index in [0.29, 0.717) is 5.69 Å². The van der Waals surface area contributed by atoms with Crippen LogP contribution in [-0.4, -0.2) is 17.2 Å². The number of hydrogen-bond acceptors (Lipinski definition) is 4. The lowest BCUT2D eigenvalue weighted by Crippen LogP contribution is -2.19. The molecular weight excluding hydrogens is 284 g/mol. The maximum Gasteiger partial charge on any atom is 0.417 e. The number of hydroxylamine groups is 1. The first-order chi connectivity index (χ1) is 10.5. The summed E-state index contributed by atoms with van der Waals surface area (Å²) in [7, 11) is 0. The van der Waals surface area contributed by atoms with E-state index in [4.69, 9.17) is 9.94 Å². The van der Waals surface area contributed by atoms with Crippen molar-refractivity contribution < 1.29 is 19.5 Å². The Balaban J connectivity index is 1.99. The standard InChI is InChI=1S/C16H16N2O4/c1-10-3-6-13(9-11(10)2)17-16(20)22-14-7-4-12(5-8-14)15(19)18-21/h3-9,21H,1-2H3,(H,17,20)(H,18,19). The lowest BCUT2D eigenvalue weighted by atomic mass is 10.1. The van der Waals surface area contributed by atoms with E-state index in [0.717, 1.165) is 11.1 Å². The molecule has 0 bridgehead atoms. The lowest BCUT2D eigenvalue weighted by molar-refractivity contribution is 0.0706. The van der Waals surface area contributed by atoms with E-state index in [2.05, 4.69) is 5.32 Å². The molecule has 0 saturated heterocycles. The Hall–Kier alpha value is -2.86. The highest BCUT2D eigenvalue weighted by atomic mass is 16.6. The summed E-state index contributed by atoms with van der Waals surface area (Å²) < 4.78 is 5.11. The van der Waals surface area contributed by atoms with E-state index < -0.39 is 12.0 Å². The van der Waals surface area contributed by atoms with Gasteiger partial charge in [0, 0.05) is 11.3 Å². The van der Waals surface area contributed by atoms with Gasteiger partial charge in [-0.1, -0.05) is 6.07 Å². The molecule has 2 aromatic carbocycles. The molecule has 0 aliphatic carbocycles. The zero-order chi connectivity index (χ0) is 16.1. The molecule has 0 heterocycles. The molecule has 0 fully saturated rings. The van der Waals surface area contributed by atoms with Crippen molar-refractivity contribution in [3.05, 3.63) is 59.2 Å². The van der Waals surface area contributed by atoms with Crippen LogP contribution in [0.3, 0.4) is 0 Å². The van der Waals surface area contributed by atoms with Crippen LogP contribution in [-0.2, 0) is 0 Å². The minimum absolute atomic E-state index is 0.254. The number of carbonyl (C=O) groups is 2. The molecule has 3 N–H and O–H groups in total. The Morgan fingerprint density at radius 1 is 1.00 bits per heavy atom. The van der Waals surface area contributed by atoms with Gasteiger partial charge >= 0.3 is 6.09 Å². The maximum absolute atomic E-state index is 11.8. The summed E-state index contributed by atoms with van der Waals surface area (Å²) >= 11 is 0. The van der Waals surface area contributed by atoms with Crippen molar-refractivity contribution in [3.63, 3.8) is 0 Å². The van der Waals surface area contributed by atoms with E-state index in [1.807, 2.05) is 26.0 Å². The van der Waals surface area contributed by atoms with Crippen LogP contribution >= 0.6 is 0 Å². The fourth-order valence-corrected chi connectivity index (χ4v) is 1.81. The quantitative estimate of drug-likeness (QED) is 0.600. The molecule has 22 heavy (non-hydrogen) atoms. The van der Waals surface area contributed by atoms with E-state index in [1.165, 1.54) is 29.7 Å². The molecule has 6 nitrogen and oxygen atoms in total. The molecular formula is C16H16N2O4. The lowest BCUT2D eigenvalue weighted by Gasteiger charge is -2.08. The molecule has 0 radical (unpaired) electrons. The summed E-state index contributed by atoms with van der Waals surface area (Å²) in [6.45, 7) is 3.94. The number of anilines is 1. The summed E-state index contributed by atoms with van der Waals surface area (Å²) in [6, 6.07) is 11.3. The Kier molecular flexibility index (Phi) is 4.75. The van der Waals surface area contributed by atoms with Crippen LogP contribution in [0.25, 0.3) is 0 Å². The zero-order valence-corrected chi connectivity index (χ0v) is 12.2. The summed E-state index contributed by atoms with van der Waals surface area (Å²) in [5, 5.41) is 11.1. The highest BCUT2D eigenvalue weighted by Crippen LogP contribution is 2.16. The normalized spacial score (nSPS) is 9.95. The van der Waals surface area contributed by atoms with Crippen LogP contribution < -0.4 is 15.5 Å². The first kappa shape index (κ1) is 15.5. The third kappa shape index (κ3) is 3.83. The highest BCUT2D eigenvalue weighted by molar-refractivity contribution is 5.93. The number of amides is 2. The van der Waals surface area contributed by atoms with Gasteiger partial charge in [0.1, 0.15) is 5.75 Å². The summed E-state index contributed by atoms with van der Waals surface area (Å²) in [4.78, 5) is 23.0. The number of carbonyl (C=O) groups excluding carboxylic acids is 2. The van der Waals surface area contributed by atoms with Crippen LogP contribution in [0.2, 0.25) is 0 Å². The second-order valence-corrected chi connectivity index (χ2v) is 4.78. The Labute approximate surface area is 127 Å². The fraction of sp³-hybridized carbons (Fsp3) is 0.125. The van der Waals surface area contributed by atoms with Crippen LogP contribution in [0, 0.1) is 13.8 Å². The average Bonchev–Trinajstić information content (AvgIpc) is 2.51. The SMILES string of the molecule is Cc1ccc(NC(=O)Oc2ccc(C(=O)NO)cc2)cc1C. The van der Waals surface area contributed by atoms with E-state index in [9.17, 15) is 9.59 Å². The first-order valence-corrected chi connectivity index (χ1v) is 6.60. The van der Waals surface area contributed by atoms with Gasteiger partial charge in [-0.2, -0.15) is 0 Å². The van der Waals surface area contributed by atoms with Gasteiger partial charge in [-0.25, -0.2) is 10.3 Å². The predicted octanol–water partition coefficient (Wildman–Crippen LogP) is 3.03. The molecule has 0 aliphatic rings. The maximum atomic E-state index is 11.8. The van der Waals surface area contributed by atoms with Crippen molar-refractivity contribution in [2.75, 3.05) is 5.32 Å². The largest absolute Gasteiger partial charge is 0.417 e. The molecule has 0 saturated carbocycles. The van der Waals surface area contributed by atoms with Crippen molar-refractivity contribution in [3.8, 4) is 5.75 Å². The number of benzene rings is 2. The second kappa shape index (κ2) is 6.73. The van der Waals surface area contributed by atoms with Crippen molar-refractivity contribution in [2.45, 2.75) is 13.8 Å². The van der Waals surface area contributed by atoms with Crippen molar-refractivity contribution in [2.24, 2.45) is 0 Å². The molecule has 114 valence electrons. The molecule has 0 aromatic heterocycles. The van der Waals surface area contributed by atoms with E-state index >= 15 is 0 Å². The first-order valence-electron chi connectivity index (χ1n) is 6.60. The molecule has 0 aliphatic heterocycles. The van der Waals surface area contributed by atoms with Gasteiger partial charge in [0.2, 0.25) is 0 Å². The summed E-state index contributed by atoms with van der Waals surface area (Å²) in [5.74, 6) is -0.345. The van der Waals surface area contributed by atoms with Crippen LogP contribution in [0.15, 0.2) is 42.5 Å². The van der Waals surface area contributed by atoms with Gasteiger partial charge in [-0.15, -0.1) is 0 Å². The molecule has 2 rings (SSSR count). The van der Waals surface area contributed by atoms with Gasteiger partial charge in [0.05, 0.1) is 0 Å². The topological polar surface area (TPSA) is 87.7 Å². The van der Waals surface area contributed by atoms with Crippen molar-refractivity contribution in [1.29, 1.82) is 0 Å². The van der Waals surface area contributed by atoms with Crippen molar-refractivity contribution >= 4 is 17.7 Å². The number of ether oxygens (including phenoxy) is 1. The number of aryl methyl sites for hydroxylation is 2. The van der Waals surface area contributed by atoms with Crippen molar-refractivity contribution in [1.82, 2.24) is 5.48 Å². The van der Waals surface area contributed by atoms with Gasteiger partial charge in [-0.05, 0) is 61.4 Å². The monoisotopic (exact) mass is 300 g/mol. The third-order valence-electron chi connectivity index (χ3n) is 3.18. The zero-order valence-electron chi connectivity index (χ0n) is 12.2. The molecule has 0 spiro atoms. The highest BCUT2D eigenvalue weighted by Gasteiger charge is 2.08. The van der Waals surface area contributed by atoms with Gasteiger partial charge in [-0.3, -0.25) is 15.3 Å². The Morgan fingerprint density at radius 3 is 2.27 bits per heavy atom. The van der Waals surface area contributed by atoms with E-state index in [1.54, 1.807) is 6.07 Å². The third-order valence-corrected chi connectivity index (χ3v) is 3.18. The van der Waals surface area contributed by atoms with Crippen LogP contribution in [0.1, 0.15) is 21.5 Å². The second-order valence-electron chi connectivity index (χ2n) is 4.78. The van der Waals surface area contributed by atoms with E-state index in [-0.39, 0.29) is 11.3 Å². The van der Waals surface area contributed by atoms with Gasteiger partial charge in [0.15, 0.2) is 0 Å². The molecule has 6 heteroatoms. The Morgan fingerprint density at radius 2 is 1.68 bits per heavy atom. The van der Waals surface area contributed by atoms with Crippen LogP contribution in [0.5, 0.6) is 5.75 Å². The minimum Gasteiger partial charge on any atom is -0.410 e. The van der Waals surface area contributed by atoms with Crippen LogP contribution in [0.4, 0.5) is 10.5 Å². The smallest absolute Gasteiger partial charge is 0.410 e. The summed E-state index contributed by atoms with van der Waals surface area (Å²) in [5.41, 5.74) is 4.62. The van der Waals surface area contributed by atoms with Gasteiger partial charge < -0.3 is 4.74 Å². The minimum atomic E-state index is -0.633. The number of rotatable bonds is 3. The molecule has 0 atom stereocenters. The fourth-order valence-electron chi connectivity index (χ4n) is 1.81. The average molecular weight is 300 g/mol. The Bertz CT molecular complexity index is 696. The molecule has 2 aromatic rings. The number of nitrogens with one attached hydrogen (secondary N) is 2. The summed E-state index contributed by atoms with van der Waals surface area (Å²) in [6.07, 6.45) is -0.623. The number of hydrogen-bond donors (Lipinski definition) is 3.